The Morgan fingerprint density at radius 2 is 1.79 bits per heavy atom. The van der Waals surface area contributed by atoms with Gasteiger partial charge in [0, 0.05) is 47.6 Å². The van der Waals surface area contributed by atoms with Crippen molar-refractivity contribution in [2.45, 2.75) is 25.9 Å². The van der Waals surface area contributed by atoms with E-state index in [4.69, 9.17) is 9.72 Å². The van der Waals surface area contributed by atoms with Crippen molar-refractivity contribution in [3.8, 4) is 11.4 Å². The van der Waals surface area contributed by atoms with E-state index in [-0.39, 0.29) is 5.56 Å². The van der Waals surface area contributed by atoms with Crippen molar-refractivity contribution in [3.05, 3.63) is 66.2 Å². The zero-order valence-electron chi connectivity index (χ0n) is 18.5. The van der Waals surface area contributed by atoms with Crippen molar-refractivity contribution in [3.63, 3.8) is 0 Å². The van der Waals surface area contributed by atoms with Crippen LogP contribution in [-0.2, 0) is 17.8 Å². The van der Waals surface area contributed by atoms with Gasteiger partial charge in [-0.15, -0.1) is 0 Å². The molecule has 0 spiro atoms. The molecular weight excluding hydrogens is 414 g/mol. The second-order valence-electron chi connectivity index (χ2n) is 8.89. The number of methoxy groups -OCH3 is 1. The van der Waals surface area contributed by atoms with Gasteiger partial charge in [-0.2, -0.15) is 0 Å². The summed E-state index contributed by atoms with van der Waals surface area (Å²) in [6.07, 6.45) is 2.47. The summed E-state index contributed by atoms with van der Waals surface area (Å²) in [4.78, 5) is 16.4. The Balaban J connectivity index is 1.56. The summed E-state index contributed by atoms with van der Waals surface area (Å²) in [7, 11) is 1.73. The number of para-hydroxylation sites is 1. The van der Waals surface area contributed by atoms with Crippen LogP contribution >= 0.6 is 0 Å². The fourth-order valence-electron chi connectivity index (χ4n) is 4.84. The number of carbonyl (C=O) groups is 1. The van der Waals surface area contributed by atoms with E-state index in [1.165, 1.54) is 34.6 Å². The minimum absolute atomic E-state index is 0.266. The third-order valence-electron chi connectivity index (χ3n) is 6.68. The highest BCUT2D eigenvalue weighted by Crippen LogP contribution is 2.37. The van der Waals surface area contributed by atoms with Gasteiger partial charge in [0.1, 0.15) is 5.82 Å². The van der Waals surface area contributed by atoms with Crippen molar-refractivity contribution in [1.82, 2.24) is 14.1 Å². The molecule has 1 fully saturated rings. The van der Waals surface area contributed by atoms with Crippen LogP contribution in [0.3, 0.4) is 0 Å². The topological polar surface area (TPSA) is 69.3 Å². The molecule has 0 amide bonds. The molecule has 1 saturated carbocycles. The number of benzene rings is 3. The van der Waals surface area contributed by atoms with Gasteiger partial charge >= 0.3 is 5.97 Å². The van der Waals surface area contributed by atoms with E-state index in [0.29, 0.717) is 12.5 Å². The quantitative estimate of drug-likeness (QED) is 0.360. The number of ether oxygens (including phenoxy) is 1. The second-order valence-corrected chi connectivity index (χ2v) is 8.89. The van der Waals surface area contributed by atoms with E-state index < -0.39 is 5.97 Å². The normalized spacial score (nSPS) is 14.0. The number of hydrogen-bond donors (Lipinski definition) is 1. The standard InChI is InChI=1S/C27H25N3O3/c1-33-13-12-29-23-5-3-2-4-20(23)21-14-18(8-10-24(21)29)26-28-22-15-19(27(31)32)9-11-25(22)30(26)16-17-6-7-17/h2-5,8-11,14-15,17H,6-7,12-13,16H2,1H3,(H,31,32). The summed E-state index contributed by atoms with van der Waals surface area (Å²) in [6, 6.07) is 20.2. The summed E-state index contributed by atoms with van der Waals surface area (Å²) in [5, 5.41) is 11.8. The molecule has 1 N–H and O–H groups in total. The molecule has 0 radical (unpaired) electrons. The number of nitrogens with zero attached hydrogens (tertiary/aromatic N) is 3. The molecular formula is C27H25N3O3. The Kier molecular flexibility index (Phi) is 4.69. The Morgan fingerprint density at radius 1 is 1.00 bits per heavy atom. The molecule has 6 rings (SSSR count). The van der Waals surface area contributed by atoms with Gasteiger partial charge in [-0.25, -0.2) is 9.78 Å². The summed E-state index contributed by atoms with van der Waals surface area (Å²) in [5.41, 5.74) is 5.40. The first-order chi connectivity index (χ1) is 16.1. The van der Waals surface area contributed by atoms with Crippen molar-refractivity contribution in [1.29, 1.82) is 0 Å². The first kappa shape index (κ1) is 20.0. The van der Waals surface area contributed by atoms with Crippen LogP contribution in [0.15, 0.2) is 60.7 Å². The lowest BCUT2D eigenvalue weighted by Crippen LogP contribution is -2.04. The van der Waals surface area contributed by atoms with Gasteiger partial charge in [0.2, 0.25) is 0 Å². The predicted molar refractivity (Wildman–Crippen MR) is 130 cm³/mol. The lowest BCUT2D eigenvalue weighted by Gasteiger charge is -2.10. The van der Waals surface area contributed by atoms with Gasteiger partial charge in [-0.05, 0) is 61.2 Å². The Morgan fingerprint density at radius 3 is 2.58 bits per heavy atom. The van der Waals surface area contributed by atoms with Gasteiger partial charge < -0.3 is 19.0 Å². The van der Waals surface area contributed by atoms with Crippen LogP contribution < -0.4 is 0 Å². The molecule has 2 heterocycles. The maximum Gasteiger partial charge on any atom is 0.335 e. The summed E-state index contributed by atoms with van der Waals surface area (Å²) < 4.78 is 9.93. The molecule has 0 bridgehead atoms. The Labute approximate surface area is 191 Å². The van der Waals surface area contributed by atoms with E-state index in [1.807, 2.05) is 6.07 Å². The molecule has 0 unspecified atom stereocenters. The maximum absolute atomic E-state index is 11.5. The van der Waals surface area contributed by atoms with E-state index in [9.17, 15) is 9.90 Å². The highest BCUT2D eigenvalue weighted by atomic mass is 16.5. The van der Waals surface area contributed by atoms with Gasteiger partial charge in [0.05, 0.1) is 23.2 Å². The first-order valence-corrected chi connectivity index (χ1v) is 11.4. The molecule has 6 nitrogen and oxygen atoms in total. The monoisotopic (exact) mass is 439 g/mol. The molecule has 0 aliphatic heterocycles. The number of carboxylic acids is 1. The fraction of sp³-hybridized carbons (Fsp3) is 0.259. The Bertz CT molecular complexity index is 1520. The van der Waals surface area contributed by atoms with Crippen LogP contribution in [0.1, 0.15) is 23.2 Å². The van der Waals surface area contributed by atoms with Crippen LogP contribution in [0, 0.1) is 5.92 Å². The average molecular weight is 440 g/mol. The minimum atomic E-state index is -0.930. The molecule has 0 saturated heterocycles. The minimum Gasteiger partial charge on any atom is -0.478 e. The average Bonchev–Trinajstić information content (AvgIpc) is 3.51. The van der Waals surface area contributed by atoms with E-state index in [2.05, 4.69) is 51.6 Å². The third-order valence-corrected chi connectivity index (χ3v) is 6.68. The number of aromatic nitrogens is 3. The third kappa shape index (κ3) is 3.38. The molecule has 33 heavy (non-hydrogen) atoms. The number of fused-ring (bicyclic) bond motifs is 4. The molecule has 1 aliphatic carbocycles. The molecule has 1 aliphatic rings. The van der Waals surface area contributed by atoms with E-state index in [1.54, 1.807) is 19.2 Å². The number of imidazole rings is 1. The van der Waals surface area contributed by atoms with Crippen molar-refractivity contribution >= 4 is 38.8 Å². The van der Waals surface area contributed by atoms with Gasteiger partial charge in [-0.3, -0.25) is 0 Å². The van der Waals surface area contributed by atoms with E-state index >= 15 is 0 Å². The summed E-state index contributed by atoms with van der Waals surface area (Å²) >= 11 is 0. The van der Waals surface area contributed by atoms with Crippen LogP contribution in [0.5, 0.6) is 0 Å². The Hall–Kier alpha value is -3.64. The van der Waals surface area contributed by atoms with Crippen LogP contribution in [-0.4, -0.2) is 38.9 Å². The van der Waals surface area contributed by atoms with Gasteiger partial charge in [-0.1, -0.05) is 18.2 Å². The number of carboxylic acid groups (broad SMARTS) is 1. The number of rotatable bonds is 7. The van der Waals surface area contributed by atoms with Crippen LogP contribution in [0.4, 0.5) is 0 Å². The van der Waals surface area contributed by atoms with Crippen molar-refractivity contribution < 1.29 is 14.6 Å². The van der Waals surface area contributed by atoms with Gasteiger partial charge in [0.15, 0.2) is 0 Å². The molecule has 6 heteroatoms. The summed E-state index contributed by atoms with van der Waals surface area (Å²) in [6.45, 7) is 2.35. The predicted octanol–water partition coefficient (Wildman–Crippen LogP) is 5.57. The molecule has 2 aromatic heterocycles. The molecule has 0 atom stereocenters. The van der Waals surface area contributed by atoms with Crippen molar-refractivity contribution in [2.75, 3.05) is 13.7 Å². The lowest BCUT2D eigenvalue weighted by atomic mass is 10.1. The largest absolute Gasteiger partial charge is 0.478 e. The molecule has 3 aromatic carbocycles. The molecule has 166 valence electrons. The zero-order valence-corrected chi connectivity index (χ0v) is 18.5. The van der Waals surface area contributed by atoms with Crippen LogP contribution in [0.25, 0.3) is 44.2 Å². The second kappa shape index (κ2) is 7.74. The first-order valence-electron chi connectivity index (χ1n) is 11.4. The highest BCUT2D eigenvalue weighted by Gasteiger charge is 2.25. The number of aromatic carboxylic acids is 1. The zero-order chi connectivity index (χ0) is 22.5. The van der Waals surface area contributed by atoms with Crippen LogP contribution in [0.2, 0.25) is 0 Å². The SMILES string of the molecule is COCCn1c2ccccc2c2cc(-c3nc4cc(C(=O)O)ccc4n3CC3CC3)ccc21. The highest BCUT2D eigenvalue weighted by molar-refractivity contribution is 6.09. The lowest BCUT2D eigenvalue weighted by molar-refractivity contribution is 0.0697. The number of hydrogen-bond acceptors (Lipinski definition) is 3. The smallest absolute Gasteiger partial charge is 0.335 e. The maximum atomic E-state index is 11.5. The van der Waals surface area contributed by atoms with E-state index in [0.717, 1.165) is 35.5 Å². The fourth-order valence-corrected chi connectivity index (χ4v) is 4.84. The van der Waals surface area contributed by atoms with Gasteiger partial charge in [0.25, 0.3) is 0 Å². The van der Waals surface area contributed by atoms with Crippen molar-refractivity contribution in [2.24, 2.45) is 5.92 Å². The molecule has 5 aromatic rings. The summed E-state index contributed by atoms with van der Waals surface area (Å²) in [5.74, 6) is 0.635.